The lowest BCUT2D eigenvalue weighted by molar-refractivity contribution is -0.135. The number of urea groups is 1. The maximum Gasteiger partial charge on any atom is 0.327 e. The molecule has 3 rings (SSSR count). The van der Waals surface area contributed by atoms with Crippen molar-refractivity contribution in [3.8, 4) is 0 Å². The number of aliphatic hydroxyl groups excluding tert-OH is 1. The zero-order chi connectivity index (χ0) is 19.6. The van der Waals surface area contributed by atoms with Crippen molar-refractivity contribution in [2.24, 2.45) is 5.92 Å². The molecule has 0 atom stereocenters. The number of imide groups is 1. The molecule has 146 valence electrons. The maximum absolute atomic E-state index is 13.1. The summed E-state index contributed by atoms with van der Waals surface area (Å²) in [5.41, 5.74) is -0.541. The van der Waals surface area contributed by atoms with Gasteiger partial charge in [-0.3, -0.25) is 19.5 Å². The highest BCUT2D eigenvalue weighted by molar-refractivity contribution is 6.07. The van der Waals surface area contributed by atoms with Crippen LogP contribution in [0.1, 0.15) is 37.2 Å². The van der Waals surface area contributed by atoms with Gasteiger partial charge in [0.2, 0.25) is 0 Å². The van der Waals surface area contributed by atoms with Crippen LogP contribution in [-0.2, 0) is 4.79 Å². The van der Waals surface area contributed by atoms with Crippen LogP contribution in [-0.4, -0.2) is 81.0 Å². The van der Waals surface area contributed by atoms with Crippen LogP contribution in [0, 0.1) is 5.92 Å². The highest BCUT2D eigenvalue weighted by Crippen LogP contribution is 2.38. The Morgan fingerprint density at radius 3 is 2.52 bits per heavy atom. The fourth-order valence-corrected chi connectivity index (χ4v) is 3.91. The molecule has 3 heterocycles. The van der Waals surface area contributed by atoms with Gasteiger partial charge in [0.15, 0.2) is 0 Å². The minimum atomic E-state index is -0.919. The summed E-state index contributed by atoms with van der Waals surface area (Å²) < 4.78 is 0. The minimum absolute atomic E-state index is 0.00456. The molecule has 2 aliphatic heterocycles. The van der Waals surface area contributed by atoms with Gasteiger partial charge in [-0.15, -0.1) is 0 Å². The molecule has 2 saturated heterocycles. The van der Waals surface area contributed by atoms with E-state index in [0.717, 1.165) is 4.90 Å². The minimum Gasteiger partial charge on any atom is -0.395 e. The Balaban J connectivity index is 1.79. The van der Waals surface area contributed by atoms with Crippen molar-refractivity contribution in [3.63, 3.8) is 0 Å². The van der Waals surface area contributed by atoms with E-state index >= 15 is 0 Å². The van der Waals surface area contributed by atoms with Gasteiger partial charge >= 0.3 is 6.03 Å². The smallest absolute Gasteiger partial charge is 0.327 e. The Hall–Kier alpha value is -2.48. The number of carbonyl (C=O) groups excluding carboxylic acids is 3. The van der Waals surface area contributed by atoms with E-state index in [9.17, 15) is 19.5 Å². The standard InChI is InChI=1S/C19H26N4O4/c1-14(2)13-23-18(27)22(11-12-24)17(26)19(23)6-9-21(10-7-19)16(25)15-5-3-4-8-20-15/h3-5,8,14,24H,6-7,9-13H2,1-2H3. The second-order valence-electron chi connectivity index (χ2n) is 7.51. The summed E-state index contributed by atoms with van der Waals surface area (Å²) in [5, 5.41) is 9.23. The third kappa shape index (κ3) is 3.41. The summed E-state index contributed by atoms with van der Waals surface area (Å²) in [7, 11) is 0. The molecular formula is C19H26N4O4. The van der Waals surface area contributed by atoms with Gasteiger partial charge in [0, 0.05) is 25.8 Å². The predicted molar refractivity (Wildman–Crippen MR) is 97.8 cm³/mol. The van der Waals surface area contributed by atoms with Crippen LogP contribution in [0.4, 0.5) is 4.79 Å². The van der Waals surface area contributed by atoms with Crippen molar-refractivity contribution in [1.29, 1.82) is 0 Å². The number of β-amino-alcohol motifs (C(OH)–C–C–N with tert-alkyl or cyclic N) is 1. The second kappa shape index (κ2) is 7.64. The molecule has 2 aliphatic rings. The quantitative estimate of drug-likeness (QED) is 0.775. The number of pyridine rings is 1. The predicted octanol–water partition coefficient (Wildman–Crippen LogP) is 0.969. The molecule has 0 aliphatic carbocycles. The molecule has 8 nitrogen and oxygen atoms in total. The molecule has 0 unspecified atom stereocenters. The normalized spacial score (nSPS) is 19.5. The molecule has 1 N–H and O–H groups in total. The average molecular weight is 374 g/mol. The van der Waals surface area contributed by atoms with Gasteiger partial charge in [0.05, 0.1) is 13.2 Å². The van der Waals surface area contributed by atoms with Gasteiger partial charge in [0.1, 0.15) is 11.2 Å². The number of aromatic nitrogens is 1. The summed E-state index contributed by atoms with van der Waals surface area (Å²) in [6.45, 7) is 4.99. The maximum atomic E-state index is 13.1. The van der Waals surface area contributed by atoms with Gasteiger partial charge in [-0.25, -0.2) is 4.79 Å². The van der Waals surface area contributed by atoms with Crippen LogP contribution in [0.2, 0.25) is 0 Å². The highest BCUT2D eigenvalue weighted by Gasteiger charge is 2.58. The van der Waals surface area contributed by atoms with Crippen LogP contribution in [0.3, 0.4) is 0 Å². The molecule has 0 saturated carbocycles. The summed E-state index contributed by atoms with van der Waals surface area (Å²) >= 11 is 0. The molecule has 1 aromatic rings. The van der Waals surface area contributed by atoms with E-state index in [2.05, 4.69) is 4.98 Å². The SMILES string of the molecule is CC(C)CN1C(=O)N(CCO)C(=O)C12CCN(C(=O)c1ccccn1)CC2. The number of piperidine rings is 1. The van der Waals surface area contributed by atoms with E-state index < -0.39 is 5.54 Å². The monoisotopic (exact) mass is 374 g/mol. The van der Waals surface area contributed by atoms with Crippen LogP contribution in [0.5, 0.6) is 0 Å². The van der Waals surface area contributed by atoms with E-state index in [1.54, 1.807) is 34.2 Å². The first-order valence-corrected chi connectivity index (χ1v) is 9.35. The number of carbonyl (C=O) groups is 3. The molecule has 0 aromatic carbocycles. The number of aliphatic hydroxyl groups is 1. The first-order valence-electron chi connectivity index (χ1n) is 9.35. The zero-order valence-corrected chi connectivity index (χ0v) is 15.8. The topological polar surface area (TPSA) is 94.0 Å². The van der Waals surface area contributed by atoms with E-state index in [1.807, 2.05) is 13.8 Å². The summed E-state index contributed by atoms with van der Waals surface area (Å²) in [6.07, 6.45) is 2.37. The van der Waals surface area contributed by atoms with E-state index in [1.165, 1.54) is 0 Å². The molecular weight excluding hydrogens is 348 g/mol. The Morgan fingerprint density at radius 1 is 1.26 bits per heavy atom. The molecule has 4 amide bonds. The molecule has 1 spiro atoms. The van der Waals surface area contributed by atoms with Gasteiger partial charge in [-0.05, 0) is 30.9 Å². The lowest BCUT2D eigenvalue weighted by Crippen LogP contribution is -2.58. The van der Waals surface area contributed by atoms with Gasteiger partial charge in [-0.2, -0.15) is 0 Å². The number of nitrogens with zero attached hydrogens (tertiary/aromatic N) is 4. The third-order valence-electron chi connectivity index (χ3n) is 5.25. The van der Waals surface area contributed by atoms with E-state index in [0.29, 0.717) is 38.2 Å². The Labute approximate surface area is 158 Å². The van der Waals surface area contributed by atoms with Crippen molar-refractivity contribution < 1.29 is 19.5 Å². The highest BCUT2D eigenvalue weighted by atomic mass is 16.3. The van der Waals surface area contributed by atoms with Crippen molar-refractivity contribution in [2.45, 2.75) is 32.2 Å². The third-order valence-corrected chi connectivity index (χ3v) is 5.25. The Bertz CT molecular complexity index is 714. The molecule has 8 heteroatoms. The molecule has 0 radical (unpaired) electrons. The second-order valence-corrected chi connectivity index (χ2v) is 7.51. The van der Waals surface area contributed by atoms with Crippen LogP contribution in [0.15, 0.2) is 24.4 Å². The number of likely N-dealkylation sites (tertiary alicyclic amines) is 1. The zero-order valence-electron chi connectivity index (χ0n) is 15.8. The van der Waals surface area contributed by atoms with Crippen LogP contribution < -0.4 is 0 Å². The van der Waals surface area contributed by atoms with Crippen molar-refractivity contribution >= 4 is 17.8 Å². The molecule has 27 heavy (non-hydrogen) atoms. The number of hydrogen-bond acceptors (Lipinski definition) is 5. The van der Waals surface area contributed by atoms with E-state index in [-0.39, 0.29) is 36.9 Å². The Kier molecular flexibility index (Phi) is 5.46. The number of rotatable bonds is 5. The lowest BCUT2D eigenvalue weighted by atomic mass is 9.85. The van der Waals surface area contributed by atoms with Crippen LogP contribution >= 0.6 is 0 Å². The first-order chi connectivity index (χ1) is 12.9. The summed E-state index contributed by atoms with van der Waals surface area (Å²) in [6, 6.07) is 4.85. The summed E-state index contributed by atoms with van der Waals surface area (Å²) in [4.78, 5) is 47.1. The van der Waals surface area contributed by atoms with Gasteiger partial charge in [-0.1, -0.05) is 19.9 Å². The van der Waals surface area contributed by atoms with E-state index in [4.69, 9.17) is 0 Å². The van der Waals surface area contributed by atoms with Crippen molar-refractivity contribution in [1.82, 2.24) is 19.7 Å². The molecule has 0 bridgehead atoms. The van der Waals surface area contributed by atoms with Gasteiger partial charge < -0.3 is 14.9 Å². The lowest BCUT2D eigenvalue weighted by Gasteiger charge is -2.42. The summed E-state index contributed by atoms with van der Waals surface area (Å²) in [5.74, 6) is -0.210. The fraction of sp³-hybridized carbons (Fsp3) is 0.579. The van der Waals surface area contributed by atoms with Crippen molar-refractivity contribution in [3.05, 3.63) is 30.1 Å². The molecule has 2 fully saturated rings. The fourth-order valence-electron chi connectivity index (χ4n) is 3.91. The number of amides is 4. The number of hydrogen-bond donors (Lipinski definition) is 1. The Morgan fingerprint density at radius 2 is 1.96 bits per heavy atom. The van der Waals surface area contributed by atoms with Crippen LogP contribution in [0.25, 0.3) is 0 Å². The van der Waals surface area contributed by atoms with Crippen molar-refractivity contribution in [2.75, 3.05) is 32.8 Å². The first kappa shape index (κ1) is 19.3. The largest absolute Gasteiger partial charge is 0.395 e. The molecule has 1 aromatic heterocycles. The average Bonchev–Trinajstić information content (AvgIpc) is 2.85. The van der Waals surface area contributed by atoms with Gasteiger partial charge in [0.25, 0.3) is 11.8 Å².